The fourth-order valence-electron chi connectivity index (χ4n) is 4.92. The summed E-state index contributed by atoms with van der Waals surface area (Å²) in [7, 11) is 0. The minimum absolute atomic E-state index is 0.166. The lowest BCUT2D eigenvalue weighted by Crippen LogP contribution is -2.56. The van der Waals surface area contributed by atoms with Gasteiger partial charge >= 0.3 is 0 Å². The number of piperidine rings is 2. The van der Waals surface area contributed by atoms with Crippen LogP contribution < -0.4 is 4.74 Å². The maximum atomic E-state index is 11.5. The number of fused-ring (bicyclic) bond motifs is 2. The lowest BCUT2D eigenvalue weighted by molar-refractivity contribution is -0.0999. The molecule has 2 aromatic rings. The molecule has 2 fully saturated rings. The zero-order valence-electron chi connectivity index (χ0n) is 16.5. The topological polar surface area (TPSA) is 32.7 Å². The van der Waals surface area contributed by atoms with Crippen LogP contribution in [0.5, 0.6) is 5.75 Å². The molecule has 2 heterocycles. The van der Waals surface area contributed by atoms with Gasteiger partial charge in [0.2, 0.25) is 0 Å². The summed E-state index contributed by atoms with van der Waals surface area (Å²) in [6.07, 6.45) is 5.44. The van der Waals surface area contributed by atoms with Gasteiger partial charge in [-0.25, -0.2) is 0 Å². The highest BCUT2D eigenvalue weighted by atomic mass is 16.5. The van der Waals surface area contributed by atoms with Crippen molar-refractivity contribution in [2.24, 2.45) is 0 Å². The zero-order chi connectivity index (χ0) is 18.9. The normalized spacial score (nSPS) is 28.3. The second-order valence-electron chi connectivity index (χ2n) is 8.53. The molecule has 0 radical (unpaired) electrons. The lowest BCUT2D eigenvalue weighted by atomic mass is 9.72. The van der Waals surface area contributed by atoms with E-state index in [1.807, 2.05) is 26.0 Å². The van der Waals surface area contributed by atoms with Gasteiger partial charge in [-0.3, -0.25) is 4.90 Å². The van der Waals surface area contributed by atoms with E-state index in [0.717, 1.165) is 30.7 Å². The summed E-state index contributed by atoms with van der Waals surface area (Å²) < 4.78 is 5.76. The highest BCUT2D eigenvalue weighted by Crippen LogP contribution is 2.45. The molecule has 4 rings (SSSR count). The van der Waals surface area contributed by atoms with E-state index in [0.29, 0.717) is 12.1 Å². The van der Waals surface area contributed by atoms with Crippen LogP contribution >= 0.6 is 0 Å². The Labute approximate surface area is 163 Å². The van der Waals surface area contributed by atoms with Crippen LogP contribution in [0.4, 0.5) is 0 Å². The first-order chi connectivity index (χ1) is 13.0. The maximum Gasteiger partial charge on any atom is 0.119 e. The Bertz CT molecular complexity index is 727. The molecule has 3 nitrogen and oxygen atoms in total. The molecule has 2 unspecified atom stereocenters. The van der Waals surface area contributed by atoms with Gasteiger partial charge in [-0.2, -0.15) is 0 Å². The van der Waals surface area contributed by atoms with Gasteiger partial charge in [0.05, 0.1) is 11.7 Å². The van der Waals surface area contributed by atoms with Crippen LogP contribution in [0.2, 0.25) is 0 Å². The molecular weight excluding hydrogens is 334 g/mol. The first-order valence-electron chi connectivity index (χ1n) is 10.3. The van der Waals surface area contributed by atoms with E-state index in [1.165, 1.54) is 24.8 Å². The number of hydrogen-bond donors (Lipinski definition) is 1. The standard InChI is InChI=1S/C24H31NO2/c1-18(2)27-23-13-11-20(12-14-23)24(26)15-21-9-6-10-22(16-24)25(21)17-19-7-4-3-5-8-19/h3-5,7-8,11-14,18,21-22,26H,6,9-10,15-17H2,1-2H3. The van der Waals surface area contributed by atoms with Crippen LogP contribution in [0.25, 0.3) is 0 Å². The van der Waals surface area contributed by atoms with E-state index < -0.39 is 5.60 Å². The van der Waals surface area contributed by atoms with Crippen LogP contribution in [0.15, 0.2) is 54.6 Å². The molecule has 0 aliphatic carbocycles. The number of rotatable bonds is 5. The van der Waals surface area contributed by atoms with Crippen molar-refractivity contribution in [3.63, 3.8) is 0 Å². The average Bonchev–Trinajstić information content (AvgIpc) is 2.64. The Morgan fingerprint density at radius 3 is 2.22 bits per heavy atom. The Kier molecular flexibility index (Phi) is 5.25. The SMILES string of the molecule is CC(C)Oc1ccc(C2(O)CC3CCCC(C2)N3Cc2ccccc2)cc1. The van der Waals surface area contributed by atoms with Gasteiger partial charge in [0, 0.05) is 18.6 Å². The first kappa shape index (κ1) is 18.5. The number of ether oxygens (including phenoxy) is 1. The van der Waals surface area contributed by atoms with Gasteiger partial charge in [0.15, 0.2) is 0 Å². The summed E-state index contributed by atoms with van der Waals surface area (Å²) in [6, 6.07) is 19.8. The van der Waals surface area contributed by atoms with Crippen molar-refractivity contribution in [3.05, 3.63) is 65.7 Å². The Morgan fingerprint density at radius 2 is 1.63 bits per heavy atom. The molecular formula is C24H31NO2. The molecule has 144 valence electrons. The summed E-state index contributed by atoms with van der Waals surface area (Å²) in [4.78, 5) is 2.64. The summed E-state index contributed by atoms with van der Waals surface area (Å²) in [6.45, 7) is 5.06. The molecule has 0 amide bonds. The fraction of sp³-hybridized carbons (Fsp3) is 0.500. The predicted octanol–water partition coefficient (Wildman–Crippen LogP) is 4.88. The van der Waals surface area contributed by atoms with Crippen molar-refractivity contribution in [1.82, 2.24) is 4.90 Å². The van der Waals surface area contributed by atoms with E-state index in [1.54, 1.807) is 0 Å². The molecule has 2 aromatic carbocycles. The van der Waals surface area contributed by atoms with Crippen molar-refractivity contribution >= 4 is 0 Å². The van der Waals surface area contributed by atoms with Gasteiger partial charge in [-0.15, -0.1) is 0 Å². The van der Waals surface area contributed by atoms with Gasteiger partial charge in [-0.05, 0) is 62.8 Å². The van der Waals surface area contributed by atoms with Crippen molar-refractivity contribution in [2.45, 2.75) is 76.3 Å². The van der Waals surface area contributed by atoms with E-state index in [4.69, 9.17) is 4.74 Å². The second-order valence-corrected chi connectivity index (χ2v) is 8.53. The van der Waals surface area contributed by atoms with Crippen molar-refractivity contribution < 1.29 is 9.84 Å². The van der Waals surface area contributed by atoms with Crippen molar-refractivity contribution in [3.8, 4) is 5.75 Å². The molecule has 2 aliphatic heterocycles. The van der Waals surface area contributed by atoms with E-state index in [-0.39, 0.29) is 6.10 Å². The van der Waals surface area contributed by atoms with E-state index in [9.17, 15) is 5.11 Å². The molecule has 27 heavy (non-hydrogen) atoms. The predicted molar refractivity (Wildman–Crippen MR) is 109 cm³/mol. The number of benzene rings is 2. The van der Waals surface area contributed by atoms with Crippen LogP contribution in [-0.2, 0) is 12.1 Å². The Balaban J connectivity index is 1.51. The maximum absolute atomic E-state index is 11.5. The summed E-state index contributed by atoms with van der Waals surface area (Å²) in [5.74, 6) is 0.874. The second kappa shape index (κ2) is 7.65. The third-order valence-electron chi connectivity index (χ3n) is 6.13. The smallest absolute Gasteiger partial charge is 0.119 e. The minimum atomic E-state index is -0.723. The molecule has 2 saturated heterocycles. The number of hydrogen-bond acceptors (Lipinski definition) is 3. The minimum Gasteiger partial charge on any atom is -0.491 e. The van der Waals surface area contributed by atoms with E-state index in [2.05, 4.69) is 47.4 Å². The molecule has 0 spiro atoms. The zero-order valence-corrected chi connectivity index (χ0v) is 16.5. The molecule has 2 aliphatic rings. The van der Waals surface area contributed by atoms with Crippen LogP contribution in [0.3, 0.4) is 0 Å². The van der Waals surface area contributed by atoms with Crippen molar-refractivity contribution in [1.29, 1.82) is 0 Å². The Hall–Kier alpha value is -1.84. The van der Waals surface area contributed by atoms with Gasteiger partial charge in [-0.1, -0.05) is 48.9 Å². The molecule has 3 heteroatoms. The van der Waals surface area contributed by atoms with Crippen molar-refractivity contribution in [2.75, 3.05) is 0 Å². The molecule has 2 bridgehead atoms. The lowest BCUT2D eigenvalue weighted by Gasteiger charge is -2.52. The number of nitrogens with zero attached hydrogens (tertiary/aromatic N) is 1. The van der Waals surface area contributed by atoms with Crippen LogP contribution in [0.1, 0.15) is 57.1 Å². The summed E-state index contributed by atoms with van der Waals surface area (Å²) >= 11 is 0. The quantitative estimate of drug-likeness (QED) is 0.820. The first-order valence-corrected chi connectivity index (χ1v) is 10.3. The number of aliphatic hydroxyl groups is 1. The highest BCUT2D eigenvalue weighted by Gasteiger charge is 2.46. The van der Waals surface area contributed by atoms with Gasteiger partial charge in [0.1, 0.15) is 5.75 Å². The third-order valence-corrected chi connectivity index (χ3v) is 6.13. The largest absolute Gasteiger partial charge is 0.491 e. The fourth-order valence-corrected chi connectivity index (χ4v) is 4.92. The van der Waals surface area contributed by atoms with Crippen LogP contribution in [0, 0.1) is 0 Å². The third kappa shape index (κ3) is 4.04. The average molecular weight is 366 g/mol. The van der Waals surface area contributed by atoms with Crippen LogP contribution in [-0.4, -0.2) is 28.2 Å². The van der Waals surface area contributed by atoms with Gasteiger partial charge < -0.3 is 9.84 Å². The van der Waals surface area contributed by atoms with E-state index >= 15 is 0 Å². The molecule has 0 saturated carbocycles. The molecule has 0 aromatic heterocycles. The monoisotopic (exact) mass is 365 g/mol. The Morgan fingerprint density at radius 1 is 1.00 bits per heavy atom. The molecule has 2 atom stereocenters. The summed E-state index contributed by atoms with van der Waals surface area (Å²) in [5, 5.41) is 11.5. The van der Waals surface area contributed by atoms with Gasteiger partial charge in [0.25, 0.3) is 0 Å². The molecule has 1 N–H and O–H groups in total. The highest BCUT2D eigenvalue weighted by molar-refractivity contribution is 5.32. The summed E-state index contributed by atoms with van der Waals surface area (Å²) in [5.41, 5.74) is 1.68.